The highest BCUT2D eigenvalue weighted by Gasteiger charge is 2.17. The average Bonchev–Trinajstić information content (AvgIpc) is 2.48. The Bertz CT molecular complexity index is 547. The minimum absolute atomic E-state index is 0.0568. The summed E-state index contributed by atoms with van der Waals surface area (Å²) >= 11 is 0. The first-order valence-corrected chi connectivity index (χ1v) is 7.28. The monoisotopic (exact) mass is 288 g/mol. The predicted octanol–water partition coefficient (Wildman–Crippen LogP) is 2.80. The van der Waals surface area contributed by atoms with Gasteiger partial charge >= 0.3 is 0 Å². The van der Waals surface area contributed by atoms with Crippen LogP contribution in [0, 0.1) is 21.4 Å². The Labute approximate surface area is 124 Å². The molecule has 2 unspecified atom stereocenters. The van der Waals surface area contributed by atoms with Crippen molar-refractivity contribution in [2.45, 2.75) is 44.7 Å². The molecule has 0 amide bonds. The molecule has 0 radical (unpaired) electrons. The van der Waals surface area contributed by atoms with Crippen LogP contribution in [0.5, 0.6) is 0 Å². The largest absolute Gasteiger partial charge is 0.381 e. The van der Waals surface area contributed by atoms with Crippen molar-refractivity contribution in [1.29, 1.82) is 5.26 Å². The van der Waals surface area contributed by atoms with Crippen LogP contribution >= 0.6 is 0 Å². The first-order valence-electron chi connectivity index (χ1n) is 7.28. The molecule has 1 saturated heterocycles. The van der Waals surface area contributed by atoms with Crippen molar-refractivity contribution in [3.05, 3.63) is 33.9 Å². The molecule has 21 heavy (non-hydrogen) atoms. The quantitative estimate of drug-likeness (QED) is 0.642. The number of benzene rings is 1. The molecule has 1 heterocycles. The molecule has 1 aromatic rings. The molecule has 0 aromatic heterocycles. The molecule has 2 N–H and O–H groups in total. The van der Waals surface area contributed by atoms with Gasteiger partial charge in [-0.3, -0.25) is 10.1 Å². The number of nitro groups is 1. The van der Waals surface area contributed by atoms with Crippen molar-refractivity contribution in [2.75, 3.05) is 11.9 Å². The second-order valence-electron chi connectivity index (χ2n) is 5.53. The lowest BCUT2D eigenvalue weighted by atomic mass is 9.98. The van der Waals surface area contributed by atoms with Gasteiger partial charge in [0, 0.05) is 24.2 Å². The maximum Gasteiger partial charge on any atom is 0.270 e. The lowest BCUT2D eigenvalue weighted by Crippen LogP contribution is -2.37. The number of piperidine rings is 1. The van der Waals surface area contributed by atoms with Gasteiger partial charge in [-0.05, 0) is 38.8 Å². The average molecular weight is 288 g/mol. The zero-order chi connectivity index (χ0) is 15.2. The molecule has 0 saturated carbocycles. The van der Waals surface area contributed by atoms with Gasteiger partial charge in [-0.15, -0.1) is 0 Å². The van der Waals surface area contributed by atoms with Gasteiger partial charge in [0.2, 0.25) is 0 Å². The molecule has 1 aliphatic rings. The van der Waals surface area contributed by atoms with Crippen LogP contribution in [0.4, 0.5) is 11.4 Å². The fourth-order valence-corrected chi connectivity index (χ4v) is 2.74. The Morgan fingerprint density at radius 3 is 3.00 bits per heavy atom. The van der Waals surface area contributed by atoms with Crippen LogP contribution in [0.15, 0.2) is 18.2 Å². The predicted molar refractivity (Wildman–Crippen MR) is 81.2 cm³/mol. The lowest BCUT2D eigenvalue weighted by Gasteiger charge is -2.27. The van der Waals surface area contributed by atoms with E-state index >= 15 is 0 Å². The fraction of sp³-hybridized carbons (Fsp3) is 0.533. The highest BCUT2D eigenvalue weighted by atomic mass is 16.6. The van der Waals surface area contributed by atoms with Crippen molar-refractivity contribution < 1.29 is 4.92 Å². The summed E-state index contributed by atoms with van der Waals surface area (Å²) < 4.78 is 0. The van der Waals surface area contributed by atoms with E-state index in [9.17, 15) is 10.1 Å². The van der Waals surface area contributed by atoms with Crippen LogP contribution in [0.2, 0.25) is 0 Å². The number of hydrogen-bond acceptors (Lipinski definition) is 5. The maximum absolute atomic E-state index is 10.7. The summed E-state index contributed by atoms with van der Waals surface area (Å²) in [5, 5.41) is 26.7. The van der Waals surface area contributed by atoms with Gasteiger partial charge in [0.05, 0.1) is 16.2 Å². The summed E-state index contributed by atoms with van der Waals surface area (Å²) in [6, 6.07) is 7.08. The Balaban J connectivity index is 2.01. The van der Waals surface area contributed by atoms with Gasteiger partial charge in [0.1, 0.15) is 6.07 Å². The van der Waals surface area contributed by atoms with Gasteiger partial charge in [-0.1, -0.05) is 6.42 Å². The highest BCUT2D eigenvalue weighted by molar-refractivity contribution is 5.61. The van der Waals surface area contributed by atoms with E-state index in [1.165, 1.54) is 31.4 Å². The number of nitriles is 1. The van der Waals surface area contributed by atoms with Crippen molar-refractivity contribution >= 4 is 11.4 Å². The SMILES string of the molecule is CC(CC1CCCCN1)Nc1ccc([N+](=O)[O-])cc1C#N. The minimum atomic E-state index is -0.486. The number of non-ortho nitro benzene ring substituents is 1. The van der Waals surface area contributed by atoms with Crippen LogP contribution < -0.4 is 10.6 Å². The Morgan fingerprint density at radius 1 is 1.57 bits per heavy atom. The third kappa shape index (κ3) is 4.17. The molecule has 6 heteroatoms. The van der Waals surface area contributed by atoms with Gasteiger partial charge in [-0.2, -0.15) is 5.26 Å². The van der Waals surface area contributed by atoms with E-state index in [0.717, 1.165) is 13.0 Å². The second kappa shape index (κ2) is 7.04. The first-order chi connectivity index (χ1) is 10.1. The summed E-state index contributed by atoms with van der Waals surface area (Å²) in [5.74, 6) is 0. The Morgan fingerprint density at radius 2 is 2.38 bits per heavy atom. The zero-order valence-electron chi connectivity index (χ0n) is 12.1. The minimum Gasteiger partial charge on any atom is -0.381 e. The number of hydrogen-bond donors (Lipinski definition) is 2. The molecule has 0 aliphatic carbocycles. The van der Waals surface area contributed by atoms with E-state index in [2.05, 4.69) is 17.6 Å². The number of anilines is 1. The van der Waals surface area contributed by atoms with Gasteiger partial charge in [0.25, 0.3) is 5.69 Å². The molecule has 1 aliphatic heterocycles. The number of nitrogens with zero attached hydrogens (tertiary/aromatic N) is 2. The number of nitro benzene ring substituents is 1. The molecule has 1 fully saturated rings. The van der Waals surface area contributed by atoms with Crippen LogP contribution in [-0.4, -0.2) is 23.6 Å². The second-order valence-corrected chi connectivity index (χ2v) is 5.53. The third-order valence-electron chi connectivity index (χ3n) is 3.79. The molecule has 0 bridgehead atoms. The summed E-state index contributed by atoms with van der Waals surface area (Å²) in [6.45, 7) is 3.14. The first kappa shape index (κ1) is 15.3. The maximum atomic E-state index is 10.7. The standard InChI is InChI=1S/C15H20N4O2/c1-11(8-13-4-2-3-7-17-13)18-15-6-5-14(19(20)21)9-12(15)10-16/h5-6,9,11,13,17-18H,2-4,7-8H2,1H3. The summed E-state index contributed by atoms with van der Waals surface area (Å²) in [6.07, 6.45) is 4.64. The lowest BCUT2D eigenvalue weighted by molar-refractivity contribution is -0.384. The molecular formula is C15H20N4O2. The molecule has 112 valence electrons. The van der Waals surface area contributed by atoms with Gasteiger partial charge in [0.15, 0.2) is 0 Å². The van der Waals surface area contributed by atoms with Gasteiger partial charge < -0.3 is 10.6 Å². The topological polar surface area (TPSA) is 91.0 Å². The molecule has 0 spiro atoms. The zero-order valence-corrected chi connectivity index (χ0v) is 12.1. The van der Waals surface area contributed by atoms with Gasteiger partial charge in [-0.25, -0.2) is 0 Å². The number of nitrogens with one attached hydrogen (secondary N) is 2. The van der Waals surface area contributed by atoms with Crippen LogP contribution in [0.1, 0.15) is 38.2 Å². The van der Waals surface area contributed by atoms with E-state index in [0.29, 0.717) is 17.3 Å². The Hall–Kier alpha value is -2.13. The summed E-state index contributed by atoms with van der Waals surface area (Å²) in [5.41, 5.74) is 0.915. The molecule has 2 atom stereocenters. The van der Waals surface area contributed by atoms with Crippen LogP contribution in [-0.2, 0) is 0 Å². The van der Waals surface area contributed by atoms with Crippen LogP contribution in [0.25, 0.3) is 0 Å². The molecule has 1 aromatic carbocycles. The number of rotatable bonds is 5. The fourth-order valence-electron chi connectivity index (χ4n) is 2.74. The normalized spacial score (nSPS) is 19.5. The van der Waals surface area contributed by atoms with Crippen molar-refractivity contribution in [2.24, 2.45) is 0 Å². The highest BCUT2D eigenvalue weighted by Crippen LogP contribution is 2.23. The van der Waals surface area contributed by atoms with Crippen molar-refractivity contribution in [1.82, 2.24) is 5.32 Å². The van der Waals surface area contributed by atoms with E-state index in [1.54, 1.807) is 6.07 Å². The van der Waals surface area contributed by atoms with E-state index in [1.807, 2.05) is 6.07 Å². The van der Waals surface area contributed by atoms with Crippen LogP contribution in [0.3, 0.4) is 0 Å². The summed E-state index contributed by atoms with van der Waals surface area (Å²) in [4.78, 5) is 10.2. The Kier molecular flexibility index (Phi) is 5.12. The molecular weight excluding hydrogens is 268 g/mol. The third-order valence-corrected chi connectivity index (χ3v) is 3.79. The molecule has 6 nitrogen and oxygen atoms in total. The van der Waals surface area contributed by atoms with E-state index < -0.39 is 4.92 Å². The van der Waals surface area contributed by atoms with Crippen molar-refractivity contribution in [3.8, 4) is 6.07 Å². The van der Waals surface area contributed by atoms with Crippen molar-refractivity contribution in [3.63, 3.8) is 0 Å². The van der Waals surface area contributed by atoms with E-state index in [4.69, 9.17) is 5.26 Å². The molecule has 2 rings (SSSR count). The van der Waals surface area contributed by atoms with E-state index in [-0.39, 0.29) is 11.7 Å². The summed E-state index contributed by atoms with van der Waals surface area (Å²) in [7, 11) is 0. The smallest absolute Gasteiger partial charge is 0.270 e.